The summed E-state index contributed by atoms with van der Waals surface area (Å²) in [5, 5.41) is 1.18. The lowest BCUT2D eigenvalue weighted by atomic mass is 10.1. The molecule has 0 saturated carbocycles. The molecule has 1 saturated heterocycles. The van der Waals surface area contributed by atoms with Gasteiger partial charge in [0, 0.05) is 53.9 Å². The molecular weight excluding hydrogens is 475 g/mol. The van der Waals surface area contributed by atoms with E-state index in [2.05, 4.69) is 14.9 Å². The van der Waals surface area contributed by atoms with Crippen molar-refractivity contribution in [1.82, 2.24) is 14.9 Å². The summed E-state index contributed by atoms with van der Waals surface area (Å²) in [6, 6.07) is 12.0. The first kappa shape index (κ1) is 24.3. The highest BCUT2D eigenvalue weighted by atomic mass is 35.5. The zero-order chi connectivity index (χ0) is 24.2. The molecule has 1 N–H and O–H groups in total. The van der Waals surface area contributed by atoms with Crippen molar-refractivity contribution in [2.75, 3.05) is 31.1 Å². The summed E-state index contributed by atoms with van der Waals surface area (Å²) < 4.78 is 13.1. The highest BCUT2D eigenvalue weighted by molar-refractivity contribution is 7.98. The lowest BCUT2D eigenvalue weighted by Gasteiger charge is -2.37. The van der Waals surface area contributed by atoms with Crippen molar-refractivity contribution >= 4 is 35.0 Å². The van der Waals surface area contributed by atoms with Crippen LogP contribution < -0.4 is 10.5 Å². The standard InChI is InChI=1S/C25H26ClFN4O2S/c1-16-3-6-19(26)13-22(16)30-9-11-31(12-10-30)23(32)14-21-17(2)28-25(29-24(21)33)34-15-18-4-7-20(27)8-5-18/h3-8,13H,9-12,14-15H2,1-2H3,(H,28,29,33). The molecule has 2 aromatic carbocycles. The van der Waals surface area contributed by atoms with Crippen molar-refractivity contribution in [3.8, 4) is 0 Å². The number of aryl methyl sites for hydroxylation is 2. The molecule has 2 heterocycles. The largest absolute Gasteiger partial charge is 0.368 e. The number of aromatic amines is 1. The number of H-pyrrole nitrogens is 1. The van der Waals surface area contributed by atoms with Gasteiger partial charge in [0.1, 0.15) is 5.82 Å². The van der Waals surface area contributed by atoms with E-state index in [4.69, 9.17) is 11.6 Å². The number of nitrogens with zero attached hydrogens (tertiary/aromatic N) is 3. The highest BCUT2D eigenvalue weighted by Gasteiger charge is 2.24. The van der Waals surface area contributed by atoms with Crippen LogP contribution in [0, 0.1) is 19.7 Å². The van der Waals surface area contributed by atoms with Gasteiger partial charge in [-0.15, -0.1) is 0 Å². The predicted octanol–water partition coefficient (Wildman–Crippen LogP) is 4.36. The fourth-order valence-electron chi connectivity index (χ4n) is 3.98. The normalized spacial score (nSPS) is 13.9. The van der Waals surface area contributed by atoms with Gasteiger partial charge in [-0.3, -0.25) is 9.59 Å². The van der Waals surface area contributed by atoms with E-state index in [1.165, 1.54) is 23.9 Å². The Morgan fingerprint density at radius 3 is 2.50 bits per heavy atom. The van der Waals surface area contributed by atoms with Gasteiger partial charge in [-0.05, 0) is 49.2 Å². The van der Waals surface area contributed by atoms with Gasteiger partial charge in [-0.25, -0.2) is 9.37 Å². The molecule has 6 nitrogen and oxygen atoms in total. The van der Waals surface area contributed by atoms with Gasteiger partial charge in [-0.2, -0.15) is 0 Å². The molecule has 3 aromatic rings. The zero-order valence-corrected chi connectivity index (χ0v) is 20.7. The first-order valence-corrected chi connectivity index (χ1v) is 12.4. The van der Waals surface area contributed by atoms with E-state index in [0.717, 1.165) is 16.8 Å². The second-order valence-corrected chi connectivity index (χ2v) is 9.73. The SMILES string of the molecule is Cc1ccc(Cl)cc1N1CCN(C(=O)Cc2c(C)nc(SCc3ccc(F)cc3)[nH]c2=O)CC1. The van der Waals surface area contributed by atoms with Gasteiger partial charge >= 0.3 is 0 Å². The average Bonchev–Trinajstić information content (AvgIpc) is 2.82. The number of rotatable bonds is 6. The minimum absolute atomic E-state index is 0.0211. The van der Waals surface area contributed by atoms with Crippen LogP contribution in [0.1, 0.15) is 22.4 Å². The van der Waals surface area contributed by atoms with Crippen molar-refractivity contribution in [2.45, 2.75) is 31.2 Å². The molecule has 0 radical (unpaired) electrons. The minimum atomic E-state index is -0.296. The monoisotopic (exact) mass is 500 g/mol. The zero-order valence-electron chi connectivity index (χ0n) is 19.1. The van der Waals surface area contributed by atoms with E-state index in [0.29, 0.717) is 53.4 Å². The molecule has 0 aliphatic carbocycles. The Labute approximate surface area is 207 Å². The summed E-state index contributed by atoms with van der Waals surface area (Å²) in [5.74, 6) is 0.188. The van der Waals surface area contributed by atoms with Crippen molar-refractivity contribution in [3.05, 3.63) is 86.0 Å². The number of hydrogen-bond donors (Lipinski definition) is 1. The summed E-state index contributed by atoms with van der Waals surface area (Å²) in [6.07, 6.45) is 0.0211. The Kier molecular flexibility index (Phi) is 7.58. The maximum atomic E-state index is 13.1. The first-order chi connectivity index (χ1) is 16.3. The van der Waals surface area contributed by atoms with Crippen molar-refractivity contribution in [1.29, 1.82) is 0 Å². The molecule has 4 rings (SSSR count). The van der Waals surface area contributed by atoms with Crippen LogP contribution in [0.15, 0.2) is 52.4 Å². The maximum absolute atomic E-state index is 13.1. The van der Waals surface area contributed by atoms with Gasteiger partial charge in [0.2, 0.25) is 5.91 Å². The molecule has 1 fully saturated rings. The van der Waals surface area contributed by atoms with Crippen molar-refractivity contribution in [2.24, 2.45) is 0 Å². The summed E-state index contributed by atoms with van der Waals surface area (Å²) in [5.41, 5.74) is 3.81. The fourth-order valence-corrected chi connectivity index (χ4v) is 5.01. The van der Waals surface area contributed by atoms with E-state index >= 15 is 0 Å². The molecule has 178 valence electrons. The number of nitrogens with one attached hydrogen (secondary N) is 1. The molecule has 0 bridgehead atoms. The third-order valence-corrected chi connectivity index (χ3v) is 7.14. The molecule has 0 atom stereocenters. The topological polar surface area (TPSA) is 69.3 Å². The quantitative estimate of drug-likeness (QED) is 0.402. The fraction of sp³-hybridized carbons (Fsp3) is 0.320. The Morgan fingerprint density at radius 1 is 1.12 bits per heavy atom. The summed E-state index contributed by atoms with van der Waals surface area (Å²) in [7, 11) is 0. The third kappa shape index (κ3) is 5.80. The molecule has 1 aliphatic rings. The van der Waals surface area contributed by atoms with Crippen LogP contribution in [0.25, 0.3) is 0 Å². The molecule has 1 amide bonds. The van der Waals surface area contributed by atoms with Crippen LogP contribution >= 0.6 is 23.4 Å². The van der Waals surface area contributed by atoms with Crippen molar-refractivity contribution < 1.29 is 9.18 Å². The lowest BCUT2D eigenvalue weighted by Crippen LogP contribution is -2.49. The summed E-state index contributed by atoms with van der Waals surface area (Å²) in [6.45, 7) is 6.38. The Hall–Kier alpha value is -2.84. The number of benzene rings is 2. The second-order valence-electron chi connectivity index (χ2n) is 8.33. The molecule has 1 aliphatic heterocycles. The van der Waals surface area contributed by atoms with E-state index < -0.39 is 0 Å². The minimum Gasteiger partial charge on any atom is -0.368 e. The van der Waals surface area contributed by atoms with Crippen LogP contribution in [0.3, 0.4) is 0 Å². The first-order valence-electron chi connectivity index (χ1n) is 11.1. The lowest BCUT2D eigenvalue weighted by molar-refractivity contribution is -0.130. The van der Waals surface area contributed by atoms with Crippen LogP contribution in [-0.2, 0) is 17.0 Å². The number of piperazine rings is 1. The number of carbonyl (C=O) groups excluding carboxylic acids is 1. The van der Waals surface area contributed by atoms with Crippen LogP contribution in [0.5, 0.6) is 0 Å². The Morgan fingerprint density at radius 2 is 1.82 bits per heavy atom. The maximum Gasteiger partial charge on any atom is 0.255 e. The summed E-state index contributed by atoms with van der Waals surface area (Å²) in [4.78, 5) is 36.9. The molecule has 1 aromatic heterocycles. The van der Waals surface area contributed by atoms with Gasteiger partial charge < -0.3 is 14.8 Å². The third-order valence-electron chi connectivity index (χ3n) is 5.96. The van der Waals surface area contributed by atoms with E-state index in [9.17, 15) is 14.0 Å². The van der Waals surface area contributed by atoms with E-state index in [-0.39, 0.29) is 23.7 Å². The highest BCUT2D eigenvalue weighted by Crippen LogP contribution is 2.25. The Bertz CT molecular complexity index is 1240. The Balaban J connectivity index is 1.36. The molecule has 9 heteroatoms. The number of thioether (sulfide) groups is 1. The number of anilines is 1. The smallest absolute Gasteiger partial charge is 0.255 e. The van der Waals surface area contributed by atoms with Crippen LogP contribution in [0.2, 0.25) is 5.02 Å². The number of carbonyl (C=O) groups is 1. The molecular formula is C25H26ClFN4O2S. The van der Waals surface area contributed by atoms with Gasteiger partial charge in [0.15, 0.2) is 5.16 Å². The van der Waals surface area contributed by atoms with E-state index in [1.807, 2.05) is 25.1 Å². The molecule has 0 spiro atoms. The van der Waals surface area contributed by atoms with Gasteiger partial charge in [0.05, 0.1) is 6.42 Å². The van der Waals surface area contributed by atoms with Crippen LogP contribution in [0.4, 0.5) is 10.1 Å². The predicted molar refractivity (Wildman–Crippen MR) is 134 cm³/mol. The molecule has 34 heavy (non-hydrogen) atoms. The van der Waals surface area contributed by atoms with Gasteiger partial charge in [0.25, 0.3) is 5.56 Å². The number of halogens is 2. The number of amides is 1. The summed E-state index contributed by atoms with van der Waals surface area (Å²) >= 11 is 7.52. The average molecular weight is 501 g/mol. The second kappa shape index (κ2) is 10.6. The van der Waals surface area contributed by atoms with Crippen LogP contribution in [-0.4, -0.2) is 47.0 Å². The molecule has 0 unspecified atom stereocenters. The van der Waals surface area contributed by atoms with E-state index in [1.54, 1.807) is 24.0 Å². The van der Waals surface area contributed by atoms with Crippen molar-refractivity contribution in [3.63, 3.8) is 0 Å². The number of aromatic nitrogens is 2. The van der Waals surface area contributed by atoms with Gasteiger partial charge in [-0.1, -0.05) is 41.6 Å². The number of hydrogen-bond acceptors (Lipinski definition) is 5.